The summed E-state index contributed by atoms with van der Waals surface area (Å²) in [4.78, 5) is 72.7. The van der Waals surface area contributed by atoms with Gasteiger partial charge in [0.25, 0.3) is 0 Å². The minimum absolute atomic E-state index is 0.0629. The molecule has 0 heterocycles. The maximum atomic E-state index is 13.1. The number of unbranched alkanes of at least 4 members (excludes halogenated alkanes) is 21. The van der Waals surface area contributed by atoms with Crippen molar-refractivity contribution in [3.05, 3.63) is 134 Å². The van der Waals surface area contributed by atoms with Crippen LogP contribution >= 0.6 is 15.6 Å². The molecule has 0 spiro atoms. The van der Waals surface area contributed by atoms with Crippen molar-refractivity contribution in [1.82, 2.24) is 0 Å². The highest BCUT2D eigenvalue weighted by Gasteiger charge is 2.30. The molecule has 0 aliphatic rings. The summed E-state index contributed by atoms with van der Waals surface area (Å²) in [5.74, 6) is -2.31. The van der Waals surface area contributed by atoms with Gasteiger partial charge < -0.3 is 33.8 Å². The fourth-order valence-electron chi connectivity index (χ4n) is 9.45. The van der Waals surface area contributed by atoms with Crippen molar-refractivity contribution in [2.45, 2.75) is 303 Å². The van der Waals surface area contributed by atoms with Gasteiger partial charge in [0.1, 0.15) is 19.3 Å². The Morgan fingerprint density at radius 2 is 0.541 bits per heavy atom. The zero-order valence-corrected chi connectivity index (χ0v) is 62.7. The molecular weight excluding hydrogens is 1280 g/mol. The lowest BCUT2D eigenvalue weighted by Gasteiger charge is -2.21. The summed E-state index contributed by atoms with van der Waals surface area (Å²) in [6.07, 6.45) is 77.5. The zero-order chi connectivity index (χ0) is 71.8. The van der Waals surface area contributed by atoms with E-state index >= 15 is 0 Å². The highest BCUT2D eigenvalue weighted by Crippen LogP contribution is 2.45. The lowest BCUT2D eigenvalue weighted by atomic mass is 10.1. The highest BCUT2D eigenvalue weighted by molar-refractivity contribution is 7.47. The summed E-state index contributed by atoms with van der Waals surface area (Å²) >= 11 is 0. The fourth-order valence-corrected chi connectivity index (χ4v) is 11.0. The van der Waals surface area contributed by atoms with E-state index in [-0.39, 0.29) is 25.7 Å². The van der Waals surface area contributed by atoms with Crippen LogP contribution in [0.4, 0.5) is 0 Å². The van der Waals surface area contributed by atoms with Crippen LogP contribution in [0.15, 0.2) is 134 Å². The van der Waals surface area contributed by atoms with Crippen molar-refractivity contribution in [1.29, 1.82) is 0 Å². The second-order valence-corrected chi connectivity index (χ2v) is 27.4. The maximum Gasteiger partial charge on any atom is 0.472 e. The van der Waals surface area contributed by atoms with Crippen LogP contribution in [0.2, 0.25) is 0 Å². The lowest BCUT2D eigenvalue weighted by Crippen LogP contribution is -2.30. The topological polar surface area (TPSA) is 237 Å². The van der Waals surface area contributed by atoms with Crippen LogP contribution in [-0.2, 0) is 65.4 Å². The number of carbonyl (C=O) groups is 4. The second kappa shape index (κ2) is 70.6. The van der Waals surface area contributed by atoms with Crippen LogP contribution in [0.1, 0.15) is 285 Å². The molecule has 5 atom stereocenters. The average Bonchev–Trinajstić information content (AvgIpc) is 0.986. The molecule has 0 saturated carbocycles. The van der Waals surface area contributed by atoms with E-state index in [0.29, 0.717) is 32.1 Å². The van der Waals surface area contributed by atoms with Crippen molar-refractivity contribution in [2.75, 3.05) is 39.6 Å². The summed E-state index contributed by atoms with van der Waals surface area (Å²) in [7, 11) is -9.98. The number of aliphatic hydroxyl groups excluding tert-OH is 1. The Morgan fingerprint density at radius 3 is 0.898 bits per heavy atom. The summed E-state index contributed by atoms with van der Waals surface area (Å²) < 4.78 is 68.3. The molecule has 0 bridgehead atoms. The Labute approximate surface area is 593 Å². The number of allylic oxidation sites excluding steroid dienone is 22. The first-order chi connectivity index (χ1) is 47.7. The smallest absolute Gasteiger partial charge is 0.462 e. The Kier molecular flexibility index (Phi) is 67.2. The van der Waals surface area contributed by atoms with Gasteiger partial charge in [0.2, 0.25) is 0 Å². The van der Waals surface area contributed by atoms with Crippen molar-refractivity contribution in [3.8, 4) is 0 Å². The molecule has 0 aromatic rings. The maximum absolute atomic E-state index is 13.1. The lowest BCUT2D eigenvalue weighted by molar-refractivity contribution is -0.161. The minimum atomic E-state index is -4.99. The SMILES string of the molecule is CC/C=C\C/C=C\C/C=C\C/C=C\C/C=C\CCCC(=O)OCC(COP(=O)(O)OCC(O)COP(=O)(O)OCC(COC(=O)CCCC/C=C\C/C=C\C/C=C\C/C=C\CC)OC(=O)CCCCCCCCCCCCC)OC(=O)CCCCCCC/C=C\C/C=C\CCCCC. The Morgan fingerprint density at radius 1 is 0.296 bits per heavy atom. The number of ether oxygens (including phenoxy) is 4. The van der Waals surface area contributed by atoms with E-state index < -0.39 is 97.5 Å². The van der Waals surface area contributed by atoms with Crippen LogP contribution in [-0.4, -0.2) is 96.7 Å². The van der Waals surface area contributed by atoms with Gasteiger partial charge >= 0.3 is 39.5 Å². The second-order valence-electron chi connectivity index (χ2n) is 24.5. The molecule has 0 aromatic heterocycles. The van der Waals surface area contributed by atoms with Crippen molar-refractivity contribution in [3.63, 3.8) is 0 Å². The molecule has 0 amide bonds. The van der Waals surface area contributed by atoms with Gasteiger partial charge in [0.05, 0.1) is 26.4 Å². The largest absolute Gasteiger partial charge is 0.472 e. The molecule has 560 valence electrons. The third kappa shape index (κ3) is 69.7. The Bertz CT molecular complexity index is 2380. The van der Waals surface area contributed by atoms with Crippen LogP contribution in [0.3, 0.4) is 0 Å². The van der Waals surface area contributed by atoms with Gasteiger partial charge in [-0.2, -0.15) is 0 Å². The van der Waals surface area contributed by atoms with Crippen LogP contribution in [0.25, 0.3) is 0 Å². The number of rotatable bonds is 69. The molecule has 5 unspecified atom stereocenters. The normalized spacial score (nSPS) is 14.7. The van der Waals surface area contributed by atoms with Crippen molar-refractivity contribution < 1.29 is 80.2 Å². The number of carbonyl (C=O) groups excluding carboxylic acids is 4. The Hall–Kier alpha value is -4.80. The number of hydrogen-bond donors (Lipinski definition) is 3. The van der Waals surface area contributed by atoms with Gasteiger partial charge in [-0.05, 0) is 135 Å². The highest BCUT2D eigenvalue weighted by atomic mass is 31.2. The van der Waals surface area contributed by atoms with E-state index in [0.717, 1.165) is 141 Å². The van der Waals surface area contributed by atoms with Crippen LogP contribution in [0.5, 0.6) is 0 Å². The monoisotopic (exact) mass is 1410 g/mol. The molecule has 0 aliphatic carbocycles. The predicted octanol–water partition coefficient (Wildman–Crippen LogP) is 21.3. The number of hydrogen-bond acceptors (Lipinski definition) is 15. The molecule has 98 heavy (non-hydrogen) atoms. The number of phosphoric acid groups is 2. The van der Waals surface area contributed by atoms with Gasteiger partial charge in [-0.25, -0.2) is 9.13 Å². The fraction of sp³-hybridized carbons (Fsp3) is 0.671. The summed E-state index contributed by atoms with van der Waals surface area (Å²) in [6.45, 7) is 4.47. The van der Waals surface area contributed by atoms with Crippen LogP contribution < -0.4 is 0 Å². The van der Waals surface area contributed by atoms with E-state index in [1.807, 2.05) is 12.2 Å². The number of aliphatic hydroxyl groups is 1. The van der Waals surface area contributed by atoms with Crippen LogP contribution in [0, 0.1) is 0 Å². The van der Waals surface area contributed by atoms with Gasteiger partial charge in [0.15, 0.2) is 12.2 Å². The summed E-state index contributed by atoms with van der Waals surface area (Å²) in [6, 6.07) is 0. The van der Waals surface area contributed by atoms with Crippen molar-refractivity contribution in [2.24, 2.45) is 0 Å². The first-order valence-electron chi connectivity index (χ1n) is 37.4. The van der Waals surface area contributed by atoms with E-state index in [4.69, 9.17) is 37.0 Å². The molecule has 0 aliphatic heterocycles. The van der Waals surface area contributed by atoms with E-state index in [1.165, 1.54) is 57.8 Å². The van der Waals surface area contributed by atoms with Crippen molar-refractivity contribution >= 4 is 39.5 Å². The molecule has 17 nitrogen and oxygen atoms in total. The van der Waals surface area contributed by atoms with Gasteiger partial charge in [-0.3, -0.25) is 37.3 Å². The van der Waals surface area contributed by atoms with E-state index in [1.54, 1.807) is 0 Å². The first kappa shape index (κ1) is 93.2. The summed E-state index contributed by atoms with van der Waals surface area (Å²) in [5.41, 5.74) is 0. The third-order valence-electron chi connectivity index (χ3n) is 15.1. The zero-order valence-electron chi connectivity index (χ0n) is 60.9. The number of phosphoric ester groups is 2. The molecule has 0 rings (SSSR count). The molecule has 0 radical (unpaired) electrons. The standard InChI is InChI=1S/C79H132O17P2/c1-5-9-13-17-21-25-29-32-35-36-39-41-45-48-52-56-60-64-77(82)90-70-75(96-79(84)66-62-58-54-50-46-42-38-34-31-27-23-19-15-11-7-3)72-94-98(87,88)92-68-73(80)67-91-97(85,86)93-71-74(95-78(83)65-61-57-53-49-43-28-24-20-16-12-8-4)69-89-76(81)63-59-55-51-47-44-40-37-33-30-26-22-18-14-10-6-2/h9-10,13-14,21-23,25-27,32-35,37-39,41,44,47-48,52,73-75,80H,5-8,11-12,15-20,24,28-31,36,40,42-43,45-46,49-51,53-72H2,1-4H3,(H,85,86)(H,87,88)/b13-9-,14-10-,25-21-,26-22-,27-23-,35-32-,37-33-,38-34-,41-39-,47-44-,52-48-. The molecule has 19 heteroatoms. The number of esters is 4. The Balaban J connectivity index is 5.43. The van der Waals surface area contributed by atoms with E-state index in [9.17, 15) is 43.2 Å². The molecule has 3 N–H and O–H groups in total. The van der Waals surface area contributed by atoms with Gasteiger partial charge in [-0.15, -0.1) is 0 Å². The third-order valence-corrected chi connectivity index (χ3v) is 17.0. The summed E-state index contributed by atoms with van der Waals surface area (Å²) in [5, 5.41) is 10.6. The molecule has 0 saturated heterocycles. The quantitative estimate of drug-likeness (QED) is 0.0169. The molecular formula is C79H132O17P2. The first-order valence-corrected chi connectivity index (χ1v) is 40.4. The average molecular weight is 1420 g/mol. The van der Waals surface area contributed by atoms with Gasteiger partial charge in [0, 0.05) is 25.7 Å². The minimum Gasteiger partial charge on any atom is -0.462 e. The van der Waals surface area contributed by atoms with E-state index in [2.05, 4.69) is 149 Å². The molecule has 0 aromatic carbocycles. The predicted molar refractivity (Wildman–Crippen MR) is 399 cm³/mol. The molecule has 0 fully saturated rings. The van der Waals surface area contributed by atoms with Gasteiger partial charge in [-0.1, -0.05) is 258 Å².